The molecule has 0 unspecified atom stereocenters. The van der Waals surface area contributed by atoms with Crippen molar-refractivity contribution in [2.75, 3.05) is 32.7 Å². The molecule has 1 aliphatic rings. The van der Waals surface area contributed by atoms with E-state index >= 15 is 0 Å². The lowest BCUT2D eigenvalue weighted by Gasteiger charge is -2.24. The third-order valence-corrected chi connectivity index (χ3v) is 3.11. The Balaban J connectivity index is 2.43. The van der Waals surface area contributed by atoms with E-state index in [-0.39, 0.29) is 5.91 Å². The molecule has 0 saturated carbocycles. The summed E-state index contributed by atoms with van der Waals surface area (Å²) in [4.78, 5) is 16.2. The van der Waals surface area contributed by atoms with E-state index < -0.39 is 0 Å². The van der Waals surface area contributed by atoms with Crippen molar-refractivity contribution in [2.24, 2.45) is 0 Å². The van der Waals surface area contributed by atoms with Crippen LogP contribution in [0.15, 0.2) is 25.3 Å². The van der Waals surface area contributed by atoms with Crippen LogP contribution in [0.2, 0.25) is 0 Å². The van der Waals surface area contributed by atoms with Crippen molar-refractivity contribution in [1.82, 2.24) is 9.80 Å². The van der Waals surface area contributed by atoms with Gasteiger partial charge in [-0.15, -0.1) is 13.2 Å². The molecular weight excluding hydrogens is 212 g/mol. The lowest BCUT2D eigenvalue weighted by atomic mass is 10.2. The van der Waals surface area contributed by atoms with Crippen LogP contribution in [0.5, 0.6) is 0 Å². The Kier molecular flexibility index (Phi) is 6.63. The third-order valence-electron chi connectivity index (χ3n) is 3.11. The van der Waals surface area contributed by atoms with Crippen LogP contribution >= 0.6 is 0 Å². The maximum Gasteiger partial charge on any atom is 0.237 e. The number of carbonyl (C=O) groups excluding carboxylic acids is 1. The van der Waals surface area contributed by atoms with Crippen LogP contribution in [0, 0.1) is 0 Å². The van der Waals surface area contributed by atoms with Crippen LogP contribution in [-0.2, 0) is 4.79 Å². The van der Waals surface area contributed by atoms with Crippen molar-refractivity contribution in [1.29, 1.82) is 0 Å². The molecule has 0 N–H and O–H groups in total. The second kappa shape index (κ2) is 8.07. The van der Waals surface area contributed by atoms with Crippen molar-refractivity contribution < 1.29 is 4.79 Å². The quantitative estimate of drug-likeness (QED) is 0.659. The van der Waals surface area contributed by atoms with Gasteiger partial charge in [0.1, 0.15) is 0 Å². The summed E-state index contributed by atoms with van der Waals surface area (Å²) in [6.07, 6.45) is 8.57. The molecule has 1 aliphatic heterocycles. The second-order valence-corrected chi connectivity index (χ2v) is 4.57. The normalized spacial score (nSPS) is 17.2. The first-order valence-electron chi connectivity index (χ1n) is 6.50. The van der Waals surface area contributed by atoms with Gasteiger partial charge in [0.25, 0.3) is 0 Å². The van der Waals surface area contributed by atoms with Crippen LogP contribution in [0.4, 0.5) is 0 Å². The average molecular weight is 236 g/mol. The van der Waals surface area contributed by atoms with Gasteiger partial charge in [0.05, 0.1) is 6.54 Å². The highest BCUT2D eigenvalue weighted by Gasteiger charge is 2.16. The molecular formula is C14H24N2O. The topological polar surface area (TPSA) is 23.6 Å². The minimum Gasteiger partial charge on any atom is -0.334 e. The van der Waals surface area contributed by atoms with Gasteiger partial charge >= 0.3 is 0 Å². The van der Waals surface area contributed by atoms with Crippen LogP contribution in [0.3, 0.4) is 0 Å². The van der Waals surface area contributed by atoms with E-state index in [1.807, 2.05) is 0 Å². The van der Waals surface area contributed by atoms with Crippen LogP contribution in [-0.4, -0.2) is 48.4 Å². The van der Waals surface area contributed by atoms with E-state index in [2.05, 4.69) is 18.1 Å². The van der Waals surface area contributed by atoms with E-state index in [9.17, 15) is 4.79 Å². The minimum atomic E-state index is 0.187. The van der Waals surface area contributed by atoms with Gasteiger partial charge in [-0.2, -0.15) is 0 Å². The highest BCUT2D eigenvalue weighted by molar-refractivity contribution is 5.78. The van der Waals surface area contributed by atoms with Gasteiger partial charge in [0.15, 0.2) is 0 Å². The molecule has 0 aromatic heterocycles. The summed E-state index contributed by atoms with van der Waals surface area (Å²) in [5, 5.41) is 0. The fourth-order valence-corrected chi connectivity index (χ4v) is 2.18. The molecule has 0 atom stereocenters. The zero-order valence-corrected chi connectivity index (χ0v) is 10.7. The van der Waals surface area contributed by atoms with Gasteiger partial charge in [-0.25, -0.2) is 0 Å². The largest absolute Gasteiger partial charge is 0.334 e. The predicted molar refractivity (Wildman–Crippen MR) is 71.9 cm³/mol. The average Bonchev–Trinajstić information content (AvgIpc) is 2.57. The van der Waals surface area contributed by atoms with Gasteiger partial charge < -0.3 is 4.90 Å². The van der Waals surface area contributed by atoms with Gasteiger partial charge in [0.2, 0.25) is 5.91 Å². The summed E-state index contributed by atoms with van der Waals surface area (Å²) in [7, 11) is 0. The van der Waals surface area contributed by atoms with E-state index in [4.69, 9.17) is 0 Å². The van der Waals surface area contributed by atoms with E-state index in [1.54, 1.807) is 17.1 Å². The molecule has 1 heterocycles. The molecule has 96 valence electrons. The van der Waals surface area contributed by atoms with E-state index in [0.29, 0.717) is 19.6 Å². The fraction of sp³-hybridized carbons (Fsp3) is 0.643. The zero-order valence-electron chi connectivity index (χ0n) is 10.7. The molecule has 0 aliphatic carbocycles. The lowest BCUT2D eigenvalue weighted by molar-refractivity contribution is -0.131. The molecule has 0 spiro atoms. The minimum absolute atomic E-state index is 0.187. The summed E-state index contributed by atoms with van der Waals surface area (Å²) in [6.45, 7) is 11.2. The summed E-state index contributed by atoms with van der Waals surface area (Å²) in [5.74, 6) is 0.187. The number of rotatable bonds is 6. The Morgan fingerprint density at radius 3 is 2.06 bits per heavy atom. The molecule has 0 radical (unpaired) electrons. The Bertz CT molecular complexity index is 245. The predicted octanol–water partition coefficient (Wildman–Crippen LogP) is 2.06. The zero-order chi connectivity index (χ0) is 12.5. The fourth-order valence-electron chi connectivity index (χ4n) is 2.18. The molecule has 1 rings (SSSR count). The summed E-state index contributed by atoms with van der Waals surface area (Å²) in [6, 6.07) is 0. The van der Waals surface area contributed by atoms with E-state index in [1.165, 1.54) is 25.7 Å². The SMILES string of the molecule is C=CCN(CC=C)C(=O)CN1CCCCCC1. The standard InChI is InChI=1S/C14H24N2O/c1-3-9-16(10-4-2)14(17)13-15-11-7-5-6-8-12-15/h3-4H,1-2,5-13H2. The number of hydrogen-bond donors (Lipinski definition) is 0. The highest BCUT2D eigenvalue weighted by atomic mass is 16.2. The first-order valence-corrected chi connectivity index (χ1v) is 6.50. The number of carbonyl (C=O) groups is 1. The van der Waals surface area contributed by atoms with Crippen molar-refractivity contribution in [3.8, 4) is 0 Å². The second-order valence-electron chi connectivity index (χ2n) is 4.57. The maximum absolute atomic E-state index is 12.1. The highest BCUT2D eigenvalue weighted by Crippen LogP contribution is 2.09. The van der Waals surface area contributed by atoms with Gasteiger partial charge in [0, 0.05) is 13.1 Å². The molecule has 0 bridgehead atoms. The monoisotopic (exact) mass is 236 g/mol. The third kappa shape index (κ3) is 5.18. The Morgan fingerprint density at radius 2 is 1.59 bits per heavy atom. The van der Waals surface area contributed by atoms with Crippen LogP contribution in [0.1, 0.15) is 25.7 Å². The Morgan fingerprint density at radius 1 is 1.06 bits per heavy atom. The van der Waals surface area contributed by atoms with Gasteiger partial charge in [-0.3, -0.25) is 9.69 Å². The number of likely N-dealkylation sites (tertiary alicyclic amines) is 1. The Hall–Kier alpha value is -1.09. The molecule has 1 fully saturated rings. The molecule has 0 aromatic carbocycles. The van der Waals surface area contributed by atoms with Gasteiger partial charge in [-0.05, 0) is 25.9 Å². The summed E-state index contributed by atoms with van der Waals surface area (Å²) in [5.41, 5.74) is 0. The molecule has 17 heavy (non-hydrogen) atoms. The van der Waals surface area contributed by atoms with Crippen LogP contribution in [0.25, 0.3) is 0 Å². The molecule has 1 saturated heterocycles. The first kappa shape index (κ1) is 14.0. The summed E-state index contributed by atoms with van der Waals surface area (Å²) >= 11 is 0. The van der Waals surface area contributed by atoms with Crippen LogP contribution < -0.4 is 0 Å². The molecule has 3 heteroatoms. The first-order chi connectivity index (χ1) is 8.27. The number of hydrogen-bond acceptors (Lipinski definition) is 2. The lowest BCUT2D eigenvalue weighted by Crippen LogP contribution is -2.40. The number of amides is 1. The van der Waals surface area contributed by atoms with Gasteiger partial charge in [-0.1, -0.05) is 25.0 Å². The summed E-state index contributed by atoms with van der Waals surface area (Å²) < 4.78 is 0. The Labute approximate surface area is 105 Å². The molecule has 1 amide bonds. The van der Waals surface area contributed by atoms with Crippen molar-refractivity contribution >= 4 is 5.91 Å². The van der Waals surface area contributed by atoms with Crippen molar-refractivity contribution in [2.45, 2.75) is 25.7 Å². The van der Waals surface area contributed by atoms with Crippen molar-refractivity contribution in [3.63, 3.8) is 0 Å². The van der Waals surface area contributed by atoms with E-state index in [0.717, 1.165) is 13.1 Å². The maximum atomic E-state index is 12.1. The van der Waals surface area contributed by atoms with Crippen molar-refractivity contribution in [3.05, 3.63) is 25.3 Å². The molecule has 3 nitrogen and oxygen atoms in total. The smallest absolute Gasteiger partial charge is 0.237 e. The molecule has 0 aromatic rings. The number of nitrogens with zero attached hydrogens (tertiary/aromatic N) is 2.